The molecule has 1 heterocycles. The maximum absolute atomic E-state index is 12.1. The van der Waals surface area contributed by atoms with Gasteiger partial charge in [-0.25, -0.2) is 4.79 Å². The number of carbonyl (C=O) groups excluding carboxylic acids is 1. The Balaban J connectivity index is 1.59. The van der Waals surface area contributed by atoms with Gasteiger partial charge in [0.25, 0.3) is 0 Å². The number of piperazine rings is 1. The number of nitrogens with one attached hydrogen (secondary N) is 2. The minimum atomic E-state index is -0.425. The molecule has 0 aromatic carbocycles. The molecular weight excluding hydrogens is 330 g/mol. The Kier molecular flexibility index (Phi) is 8.00. The Bertz CT molecular complexity index is 463. The Labute approximate surface area is 158 Å². The fourth-order valence-electron chi connectivity index (χ4n) is 2.85. The van der Waals surface area contributed by atoms with Crippen molar-refractivity contribution in [1.29, 1.82) is 0 Å². The summed E-state index contributed by atoms with van der Waals surface area (Å²) in [5.41, 5.74) is -0.425. The number of amides is 1. The van der Waals surface area contributed by atoms with E-state index in [1.54, 1.807) is 0 Å². The van der Waals surface area contributed by atoms with Crippen molar-refractivity contribution < 1.29 is 9.53 Å². The summed E-state index contributed by atoms with van der Waals surface area (Å²) in [5, 5.41) is 6.73. The number of ether oxygens (including phenoxy) is 1. The standard InChI is InChI=1S/C19H37N5O2/c1-5-20-17(22-15-16-7-8-16)21-9-6-10-23-11-13-24(14-12-23)18(25)26-19(2,3)4/h16H,5-15H2,1-4H3,(H2,20,21,22). The summed E-state index contributed by atoms with van der Waals surface area (Å²) in [5.74, 6) is 1.75. The summed E-state index contributed by atoms with van der Waals surface area (Å²) >= 11 is 0. The normalized spacial score (nSPS) is 19.4. The molecule has 1 saturated carbocycles. The first-order chi connectivity index (χ1) is 12.4. The predicted octanol–water partition coefficient (Wildman–Crippen LogP) is 1.89. The van der Waals surface area contributed by atoms with Crippen molar-refractivity contribution in [3.05, 3.63) is 0 Å². The lowest BCUT2D eigenvalue weighted by Crippen LogP contribution is -2.50. The van der Waals surface area contributed by atoms with Crippen molar-refractivity contribution in [3.8, 4) is 0 Å². The highest BCUT2D eigenvalue weighted by molar-refractivity contribution is 5.79. The van der Waals surface area contributed by atoms with Gasteiger partial charge in [-0.05, 0) is 59.4 Å². The van der Waals surface area contributed by atoms with Crippen LogP contribution in [0.3, 0.4) is 0 Å². The van der Waals surface area contributed by atoms with Crippen LogP contribution < -0.4 is 10.6 Å². The van der Waals surface area contributed by atoms with Gasteiger partial charge in [-0.2, -0.15) is 0 Å². The smallest absolute Gasteiger partial charge is 0.410 e. The maximum atomic E-state index is 12.1. The molecule has 1 amide bonds. The number of aliphatic imine (C=N–C) groups is 1. The SMILES string of the molecule is CCNC(=NCC1CC1)NCCCN1CCN(C(=O)OC(C)(C)C)CC1. The summed E-state index contributed by atoms with van der Waals surface area (Å²) in [7, 11) is 0. The molecule has 150 valence electrons. The Morgan fingerprint density at radius 1 is 1.15 bits per heavy atom. The number of carbonyl (C=O) groups is 1. The second-order valence-electron chi connectivity index (χ2n) is 8.25. The number of nitrogens with zero attached hydrogens (tertiary/aromatic N) is 3. The number of rotatable bonds is 7. The molecule has 0 bridgehead atoms. The second-order valence-corrected chi connectivity index (χ2v) is 8.25. The largest absolute Gasteiger partial charge is 0.444 e. The minimum absolute atomic E-state index is 0.194. The van der Waals surface area contributed by atoms with Crippen LogP contribution in [0.2, 0.25) is 0 Å². The molecule has 1 aliphatic heterocycles. The van der Waals surface area contributed by atoms with Gasteiger partial charge in [0.05, 0.1) is 0 Å². The lowest BCUT2D eigenvalue weighted by molar-refractivity contribution is 0.0145. The van der Waals surface area contributed by atoms with Crippen molar-refractivity contribution in [2.75, 3.05) is 52.4 Å². The van der Waals surface area contributed by atoms with Gasteiger partial charge in [0.1, 0.15) is 5.60 Å². The molecule has 2 rings (SSSR count). The maximum Gasteiger partial charge on any atom is 0.410 e. The molecule has 2 fully saturated rings. The van der Waals surface area contributed by atoms with Crippen LogP contribution in [0.5, 0.6) is 0 Å². The van der Waals surface area contributed by atoms with E-state index in [1.165, 1.54) is 12.8 Å². The van der Waals surface area contributed by atoms with E-state index in [0.717, 1.165) is 70.7 Å². The second kappa shape index (κ2) is 10.00. The summed E-state index contributed by atoms with van der Waals surface area (Å²) in [6.07, 6.45) is 3.54. The highest BCUT2D eigenvalue weighted by Gasteiger charge is 2.25. The van der Waals surface area contributed by atoms with Crippen LogP contribution in [0.4, 0.5) is 4.79 Å². The molecule has 26 heavy (non-hydrogen) atoms. The molecule has 7 heteroatoms. The van der Waals surface area contributed by atoms with Crippen LogP contribution in [0.1, 0.15) is 47.0 Å². The summed E-state index contributed by atoms with van der Waals surface area (Å²) in [6, 6.07) is 0. The summed E-state index contributed by atoms with van der Waals surface area (Å²) < 4.78 is 5.44. The average molecular weight is 368 g/mol. The Morgan fingerprint density at radius 3 is 2.42 bits per heavy atom. The third-order valence-corrected chi connectivity index (χ3v) is 4.52. The lowest BCUT2D eigenvalue weighted by Gasteiger charge is -2.35. The molecule has 0 aromatic rings. The van der Waals surface area contributed by atoms with Crippen LogP contribution in [-0.2, 0) is 4.74 Å². The van der Waals surface area contributed by atoms with Gasteiger partial charge in [-0.3, -0.25) is 9.89 Å². The molecule has 0 unspecified atom stereocenters. The fourth-order valence-corrected chi connectivity index (χ4v) is 2.85. The topological polar surface area (TPSA) is 69.2 Å². The molecule has 0 aromatic heterocycles. The molecule has 1 aliphatic carbocycles. The van der Waals surface area contributed by atoms with E-state index >= 15 is 0 Å². The number of guanidine groups is 1. The number of hydrogen-bond acceptors (Lipinski definition) is 4. The molecule has 1 saturated heterocycles. The first-order valence-electron chi connectivity index (χ1n) is 10.1. The van der Waals surface area contributed by atoms with E-state index in [0.29, 0.717) is 0 Å². The van der Waals surface area contributed by atoms with Crippen LogP contribution >= 0.6 is 0 Å². The van der Waals surface area contributed by atoms with E-state index in [1.807, 2.05) is 25.7 Å². The molecule has 2 N–H and O–H groups in total. The van der Waals surface area contributed by atoms with Crippen LogP contribution in [0.15, 0.2) is 4.99 Å². The van der Waals surface area contributed by atoms with Crippen molar-refractivity contribution >= 4 is 12.1 Å². The van der Waals surface area contributed by atoms with Crippen LogP contribution in [0, 0.1) is 5.92 Å². The van der Waals surface area contributed by atoms with E-state index in [2.05, 4.69) is 27.4 Å². The molecule has 0 radical (unpaired) electrons. The molecule has 0 spiro atoms. The van der Waals surface area contributed by atoms with Gasteiger partial charge in [0.15, 0.2) is 5.96 Å². The van der Waals surface area contributed by atoms with Crippen molar-refractivity contribution in [3.63, 3.8) is 0 Å². The highest BCUT2D eigenvalue weighted by Crippen LogP contribution is 2.28. The van der Waals surface area contributed by atoms with Crippen molar-refractivity contribution in [2.24, 2.45) is 10.9 Å². The first-order valence-corrected chi connectivity index (χ1v) is 10.1. The monoisotopic (exact) mass is 367 g/mol. The van der Waals surface area contributed by atoms with Gasteiger partial charge in [0, 0.05) is 45.8 Å². The van der Waals surface area contributed by atoms with Crippen LogP contribution in [0.25, 0.3) is 0 Å². The van der Waals surface area contributed by atoms with Gasteiger partial charge in [-0.15, -0.1) is 0 Å². The minimum Gasteiger partial charge on any atom is -0.444 e. The first kappa shape index (κ1) is 20.8. The fraction of sp³-hybridized carbons (Fsp3) is 0.895. The average Bonchev–Trinajstić information content (AvgIpc) is 3.39. The van der Waals surface area contributed by atoms with Crippen molar-refractivity contribution in [2.45, 2.75) is 52.6 Å². The quantitative estimate of drug-likeness (QED) is 0.409. The van der Waals surface area contributed by atoms with Gasteiger partial charge in [-0.1, -0.05) is 0 Å². The van der Waals surface area contributed by atoms with Crippen LogP contribution in [-0.4, -0.2) is 79.8 Å². The third-order valence-electron chi connectivity index (χ3n) is 4.52. The van der Waals surface area contributed by atoms with Crippen molar-refractivity contribution in [1.82, 2.24) is 20.4 Å². The molecule has 7 nitrogen and oxygen atoms in total. The zero-order chi connectivity index (χ0) is 19.0. The summed E-state index contributed by atoms with van der Waals surface area (Å²) in [6.45, 7) is 14.9. The van der Waals surface area contributed by atoms with E-state index in [4.69, 9.17) is 4.74 Å². The molecule has 2 aliphatic rings. The highest BCUT2D eigenvalue weighted by atomic mass is 16.6. The molecular formula is C19H37N5O2. The zero-order valence-electron chi connectivity index (χ0n) is 17.0. The Morgan fingerprint density at radius 2 is 1.85 bits per heavy atom. The summed E-state index contributed by atoms with van der Waals surface area (Å²) in [4.78, 5) is 21.0. The zero-order valence-corrected chi connectivity index (χ0v) is 17.0. The van der Waals surface area contributed by atoms with Gasteiger partial charge in [0.2, 0.25) is 0 Å². The van der Waals surface area contributed by atoms with Gasteiger partial charge < -0.3 is 20.3 Å². The molecule has 0 atom stereocenters. The Hall–Kier alpha value is -1.50. The predicted molar refractivity (Wildman–Crippen MR) is 106 cm³/mol. The van der Waals surface area contributed by atoms with E-state index in [9.17, 15) is 4.79 Å². The third kappa shape index (κ3) is 8.25. The van der Waals surface area contributed by atoms with Gasteiger partial charge >= 0.3 is 6.09 Å². The van der Waals surface area contributed by atoms with E-state index < -0.39 is 5.60 Å². The lowest BCUT2D eigenvalue weighted by atomic mass is 10.2. The number of hydrogen-bond donors (Lipinski definition) is 2. The van der Waals surface area contributed by atoms with E-state index in [-0.39, 0.29) is 6.09 Å².